The highest BCUT2D eigenvalue weighted by molar-refractivity contribution is 5.60. The summed E-state index contributed by atoms with van der Waals surface area (Å²) in [5.74, 6) is 2.42. The van der Waals surface area contributed by atoms with E-state index < -0.39 is 24.1 Å². The van der Waals surface area contributed by atoms with E-state index in [0.29, 0.717) is 5.69 Å². The lowest BCUT2D eigenvalue weighted by Gasteiger charge is -2.16. The van der Waals surface area contributed by atoms with Crippen molar-refractivity contribution in [3.8, 4) is 12.3 Å². The number of aromatic nitrogens is 2. The minimum atomic E-state index is -0.837. The number of nitrogen functional groups attached to an aromatic ring is 1. The summed E-state index contributed by atoms with van der Waals surface area (Å²) < 4.78 is 6.62. The standard InChI is InChI=1S/C12H16N4O4/c1-2-3-14-7-5-16(12(19)15-11(7)13)10-4-8(18)9(6-17)20-10/h1,5,8-10,14,17-18H,3-4,6H2,(H2,13,15,19)/t8-,9+,10+/m0/s1. The Morgan fingerprint density at radius 1 is 1.70 bits per heavy atom. The fourth-order valence-electron chi connectivity index (χ4n) is 2.02. The first-order chi connectivity index (χ1) is 9.56. The first kappa shape index (κ1) is 14.3. The lowest BCUT2D eigenvalue weighted by molar-refractivity contribution is -0.0458. The Balaban J connectivity index is 2.28. The lowest BCUT2D eigenvalue weighted by Crippen LogP contribution is -2.29. The molecule has 3 atom stereocenters. The molecule has 0 spiro atoms. The molecular weight excluding hydrogens is 264 g/mol. The molecule has 20 heavy (non-hydrogen) atoms. The summed E-state index contributed by atoms with van der Waals surface area (Å²) in [4.78, 5) is 15.5. The second-order valence-corrected chi connectivity index (χ2v) is 4.40. The maximum absolute atomic E-state index is 11.8. The van der Waals surface area contributed by atoms with Gasteiger partial charge in [0.2, 0.25) is 0 Å². The molecule has 5 N–H and O–H groups in total. The van der Waals surface area contributed by atoms with Crippen molar-refractivity contribution >= 4 is 11.5 Å². The zero-order valence-corrected chi connectivity index (χ0v) is 10.7. The Morgan fingerprint density at radius 2 is 2.45 bits per heavy atom. The molecule has 0 amide bonds. The van der Waals surface area contributed by atoms with E-state index in [1.54, 1.807) is 0 Å². The quantitative estimate of drug-likeness (QED) is 0.496. The number of aliphatic hydroxyl groups excluding tert-OH is 2. The van der Waals surface area contributed by atoms with Gasteiger partial charge >= 0.3 is 5.69 Å². The van der Waals surface area contributed by atoms with Crippen LogP contribution in [-0.4, -0.2) is 45.1 Å². The van der Waals surface area contributed by atoms with Crippen LogP contribution in [0.4, 0.5) is 11.5 Å². The molecule has 1 aliphatic rings. The van der Waals surface area contributed by atoms with Crippen molar-refractivity contribution in [3.63, 3.8) is 0 Å². The number of hydrogen-bond donors (Lipinski definition) is 4. The average Bonchev–Trinajstić information content (AvgIpc) is 2.79. The molecule has 0 unspecified atom stereocenters. The number of nitrogens with zero attached hydrogens (tertiary/aromatic N) is 2. The minimum absolute atomic E-state index is 0.0405. The van der Waals surface area contributed by atoms with Gasteiger partial charge in [0.05, 0.1) is 24.9 Å². The van der Waals surface area contributed by atoms with Crippen molar-refractivity contribution in [1.82, 2.24) is 9.55 Å². The number of nitrogens with one attached hydrogen (secondary N) is 1. The summed E-state index contributed by atoms with van der Waals surface area (Å²) in [6.07, 6.45) is 4.52. The molecule has 0 aromatic carbocycles. The molecule has 8 heteroatoms. The van der Waals surface area contributed by atoms with Gasteiger partial charge in [-0.25, -0.2) is 4.79 Å². The predicted octanol–water partition coefficient (Wildman–Crippen LogP) is -1.49. The second kappa shape index (κ2) is 5.92. The molecular formula is C12H16N4O4. The molecule has 0 saturated carbocycles. The fourth-order valence-corrected chi connectivity index (χ4v) is 2.02. The third kappa shape index (κ3) is 2.75. The van der Waals surface area contributed by atoms with Gasteiger partial charge in [-0.15, -0.1) is 6.42 Å². The van der Waals surface area contributed by atoms with Gasteiger partial charge in [0.25, 0.3) is 0 Å². The van der Waals surface area contributed by atoms with Crippen LogP contribution in [0, 0.1) is 12.3 Å². The molecule has 1 aliphatic heterocycles. The van der Waals surface area contributed by atoms with Crippen molar-refractivity contribution < 1.29 is 14.9 Å². The van der Waals surface area contributed by atoms with Crippen LogP contribution in [0.5, 0.6) is 0 Å². The summed E-state index contributed by atoms with van der Waals surface area (Å²) >= 11 is 0. The Bertz CT molecular complexity index is 580. The van der Waals surface area contributed by atoms with Crippen molar-refractivity contribution in [1.29, 1.82) is 0 Å². The van der Waals surface area contributed by atoms with E-state index in [4.69, 9.17) is 22.0 Å². The van der Waals surface area contributed by atoms with Gasteiger partial charge < -0.3 is 26.0 Å². The van der Waals surface area contributed by atoms with Crippen LogP contribution < -0.4 is 16.7 Å². The summed E-state index contributed by atoms with van der Waals surface area (Å²) in [5.41, 5.74) is 5.44. The van der Waals surface area contributed by atoms with E-state index in [0.717, 1.165) is 0 Å². The maximum Gasteiger partial charge on any atom is 0.351 e. The van der Waals surface area contributed by atoms with Crippen LogP contribution in [0.1, 0.15) is 12.6 Å². The molecule has 1 fully saturated rings. The summed E-state index contributed by atoms with van der Waals surface area (Å²) in [5, 5.41) is 21.6. The topological polar surface area (TPSA) is 123 Å². The lowest BCUT2D eigenvalue weighted by atomic mass is 10.2. The zero-order valence-electron chi connectivity index (χ0n) is 10.7. The second-order valence-electron chi connectivity index (χ2n) is 4.40. The van der Waals surface area contributed by atoms with E-state index in [2.05, 4.69) is 16.2 Å². The number of aliphatic hydroxyl groups is 2. The SMILES string of the molecule is C#CCNc1cn([C@H]2C[C@H](O)[C@@H](CO)O2)c(=O)nc1N. The van der Waals surface area contributed by atoms with Gasteiger partial charge in [-0.3, -0.25) is 4.57 Å². The van der Waals surface area contributed by atoms with Crippen LogP contribution in [0.3, 0.4) is 0 Å². The first-order valence-corrected chi connectivity index (χ1v) is 6.07. The van der Waals surface area contributed by atoms with Gasteiger partial charge in [0.1, 0.15) is 12.3 Å². The molecule has 2 heterocycles. The van der Waals surface area contributed by atoms with Crippen molar-refractivity contribution in [2.75, 3.05) is 24.2 Å². The van der Waals surface area contributed by atoms with Crippen molar-refractivity contribution in [3.05, 3.63) is 16.7 Å². The summed E-state index contributed by atoms with van der Waals surface area (Å²) in [6.45, 7) is -0.0888. The fraction of sp³-hybridized carbons (Fsp3) is 0.500. The van der Waals surface area contributed by atoms with Gasteiger partial charge in [-0.05, 0) is 0 Å². The maximum atomic E-state index is 11.8. The number of hydrogen-bond acceptors (Lipinski definition) is 7. The Morgan fingerprint density at radius 3 is 3.05 bits per heavy atom. The summed E-state index contributed by atoms with van der Waals surface area (Å²) in [6, 6.07) is 0. The molecule has 1 aromatic heterocycles. The number of anilines is 2. The molecule has 2 rings (SSSR count). The largest absolute Gasteiger partial charge is 0.394 e. The number of nitrogens with two attached hydrogens (primary N) is 1. The zero-order chi connectivity index (χ0) is 14.7. The van der Waals surface area contributed by atoms with Crippen LogP contribution in [0.25, 0.3) is 0 Å². The Kier molecular flexibility index (Phi) is 4.24. The van der Waals surface area contributed by atoms with E-state index in [1.165, 1.54) is 10.8 Å². The average molecular weight is 280 g/mol. The van der Waals surface area contributed by atoms with E-state index in [1.807, 2.05) is 0 Å². The van der Waals surface area contributed by atoms with Gasteiger partial charge in [0, 0.05) is 12.6 Å². The van der Waals surface area contributed by atoms with Gasteiger partial charge in [0.15, 0.2) is 5.82 Å². The molecule has 0 bridgehead atoms. The van der Waals surface area contributed by atoms with E-state index in [-0.39, 0.29) is 25.4 Å². The molecule has 0 aliphatic carbocycles. The molecule has 108 valence electrons. The van der Waals surface area contributed by atoms with Crippen LogP contribution in [-0.2, 0) is 4.74 Å². The third-order valence-electron chi connectivity index (χ3n) is 3.06. The predicted molar refractivity (Wildman–Crippen MR) is 71.9 cm³/mol. The van der Waals surface area contributed by atoms with Crippen molar-refractivity contribution in [2.24, 2.45) is 0 Å². The van der Waals surface area contributed by atoms with Crippen LogP contribution in [0.2, 0.25) is 0 Å². The van der Waals surface area contributed by atoms with E-state index in [9.17, 15) is 9.90 Å². The summed E-state index contributed by atoms with van der Waals surface area (Å²) in [7, 11) is 0. The molecule has 8 nitrogen and oxygen atoms in total. The normalized spacial score (nSPS) is 25.4. The number of ether oxygens (including phenoxy) is 1. The third-order valence-corrected chi connectivity index (χ3v) is 3.06. The highest BCUT2D eigenvalue weighted by Crippen LogP contribution is 2.28. The molecule has 0 radical (unpaired) electrons. The van der Waals surface area contributed by atoms with Gasteiger partial charge in [-0.1, -0.05) is 5.92 Å². The smallest absolute Gasteiger partial charge is 0.351 e. The minimum Gasteiger partial charge on any atom is -0.394 e. The Hall–Kier alpha value is -2.08. The molecule has 1 saturated heterocycles. The monoisotopic (exact) mass is 280 g/mol. The first-order valence-electron chi connectivity index (χ1n) is 6.07. The highest BCUT2D eigenvalue weighted by atomic mass is 16.5. The Labute approximate surface area is 115 Å². The molecule has 1 aromatic rings. The number of terminal acetylenes is 1. The van der Waals surface area contributed by atoms with E-state index >= 15 is 0 Å². The highest BCUT2D eigenvalue weighted by Gasteiger charge is 2.35. The van der Waals surface area contributed by atoms with Crippen molar-refractivity contribution in [2.45, 2.75) is 24.9 Å². The van der Waals surface area contributed by atoms with Crippen LogP contribution >= 0.6 is 0 Å². The number of rotatable bonds is 4. The van der Waals surface area contributed by atoms with Crippen LogP contribution in [0.15, 0.2) is 11.0 Å². The van der Waals surface area contributed by atoms with Gasteiger partial charge in [-0.2, -0.15) is 4.98 Å².